The van der Waals surface area contributed by atoms with Crippen molar-refractivity contribution in [1.29, 1.82) is 0 Å². The summed E-state index contributed by atoms with van der Waals surface area (Å²) in [5, 5.41) is 22.3. The second-order valence-electron chi connectivity index (χ2n) is 1.07. The summed E-state index contributed by atoms with van der Waals surface area (Å²) in [4.78, 5) is 15.7. The molecule has 0 rings (SSSR count). The van der Waals surface area contributed by atoms with Gasteiger partial charge >= 0.3 is 48.9 Å². The van der Waals surface area contributed by atoms with Crippen molar-refractivity contribution in [1.82, 2.24) is 0 Å². The molecule has 0 aliphatic carbocycles. The molecule has 11 heteroatoms. The molecule has 10 nitrogen and oxygen atoms in total. The van der Waals surface area contributed by atoms with Crippen LogP contribution in [-0.4, -0.2) is 77.3 Å². The molecule has 0 aliphatic heterocycles. The first-order valence-corrected chi connectivity index (χ1v) is 2.97. The van der Waals surface area contributed by atoms with Crippen LogP contribution in [0.25, 0.3) is 0 Å². The van der Waals surface area contributed by atoms with Gasteiger partial charge in [-0.05, 0) is 30.2 Å². The third-order valence-electron chi connectivity index (χ3n) is 0.383. The van der Waals surface area contributed by atoms with Gasteiger partial charge in [0.2, 0.25) is 0 Å². The van der Waals surface area contributed by atoms with Gasteiger partial charge in [-0.25, -0.2) is 19.6 Å². The average molecular weight is 359 g/mol. The van der Waals surface area contributed by atoms with Gasteiger partial charge in [-0.15, -0.1) is 0 Å². The molecule has 0 aromatic heterocycles. The van der Waals surface area contributed by atoms with Crippen LogP contribution >= 0.6 is 0 Å². The zero-order chi connectivity index (χ0) is 11.1. The van der Waals surface area contributed by atoms with E-state index in [1.807, 2.05) is 0 Å². The summed E-state index contributed by atoms with van der Waals surface area (Å²) in [6.07, 6.45) is 0. The van der Waals surface area contributed by atoms with Crippen LogP contribution in [-0.2, 0) is 49.8 Å². The van der Waals surface area contributed by atoms with E-state index in [-0.39, 0.29) is 48.9 Å². The van der Waals surface area contributed by atoms with Gasteiger partial charge in [-0.2, -0.15) is 0 Å². The van der Waals surface area contributed by atoms with Crippen molar-refractivity contribution in [2.24, 2.45) is 0 Å². The summed E-state index contributed by atoms with van der Waals surface area (Å²) >= 11 is 0. The molecule has 0 N–H and O–H groups in total. The van der Waals surface area contributed by atoms with E-state index in [4.69, 9.17) is 0 Å². The van der Waals surface area contributed by atoms with E-state index in [2.05, 4.69) is 49.8 Å². The van der Waals surface area contributed by atoms with E-state index >= 15 is 0 Å². The molecule has 0 saturated heterocycles. The third-order valence-corrected chi connectivity index (χ3v) is 0.383. The molecule has 0 unspecified atom stereocenters. The van der Waals surface area contributed by atoms with Crippen LogP contribution < -0.4 is 0 Å². The standard InChI is InChI=1S/2C2H6O5.Ba.2H/c2*1-3-5-7-6-4-2;;;/h2*1-2H3;;;. The Hall–Kier alpha value is 1.17. The van der Waals surface area contributed by atoms with Crippen molar-refractivity contribution < 1.29 is 49.8 Å². The Kier molecular flexibility index (Phi) is 34.9. The van der Waals surface area contributed by atoms with Crippen molar-refractivity contribution in [3.63, 3.8) is 0 Å². The Morgan fingerprint density at radius 2 is 0.600 bits per heavy atom. The molecule has 0 spiro atoms. The predicted molar refractivity (Wildman–Crippen MR) is 43.1 cm³/mol. The summed E-state index contributed by atoms with van der Waals surface area (Å²) in [6.45, 7) is 0. The van der Waals surface area contributed by atoms with Gasteiger partial charge in [0.1, 0.15) is 0 Å². The zero-order valence-corrected chi connectivity index (χ0v) is 8.08. The molecular formula is C4H14BaO10. The summed E-state index contributed by atoms with van der Waals surface area (Å²) in [6, 6.07) is 0. The first kappa shape index (κ1) is 21.5. The quantitative estimate of drug-likeness (QED) is 0.234. The predicted octanol–water partition coefficient (Wildman–Crippen LogP) is -0.938. The number of rotatable bonds is 8. The Balaban J connectivity index is -0.000000180. The monoisotopic (exact) mass is 360 g/mol. The molecule has 15 heavy (non-hydrogen) atoms. The van der Waals surface area contributed by atoms with Crippen molar-refractivity contribution in [3.8, 4) is 0 Å². The van der Waals surface area contributed by atoms with Crippen LogP contribution in [0.3, 0.4) is 0 Å². The van der Waals surface area contributed by atoms with Gasteiger partial charge in [0, 0.05) is 0 Å². The first-order valence-electron chi connectivity index (χ1n) is 2.97. The maximum absolute atomic E-state index is 3.92. The van der Waals surface area contributed by atoms with Crippen LogP contribution in [0.4, 0.5) is 0 Å². The van der Waals surface area contributed by atoms with Crippen LogP contribution in [0.5, 0.6) is 0 Å². The van der Waals surface area contributed by atoms with Gasteiger partial charge in [0.25, 0.3) is 0 Å². The van der Waals surface area contributed by atoms with Crippen LogP contribution in [0.2, 0.25) is 0 Å². The summed E-state index contributed by atoms with van der Waals surface area (Å²) in [5.74, 6) is 0. The van der Waals surface area contributed by atoms with Gasteiger partial charge in [0.15, 0.2) is 0 Å². The summed E-state index contributed by atoms with van der Waals surface area (Å²) in [5.41, 5.74) is 0. The number of hydrogen-bond acceptors (Lipinski definition) is 10. The summed E-state index contributed by atoms with van der Waals surface area (Å²) < 4.78 is 0. The number of hydrogen-bond donors (Lipinski definition) is 0. The van der Waals surface area contributed by atoms with Crippen molar-refractivity contribution >= 4 is 48.9 Å². The minimum absolute atomic E-state index is 0. The molecule has 0 amide bonds. The van der Waals surface area contributed by atoms with E-state index in [0.29, 0.717) is 0 Å². The van der Waals surface area contributed by atoms with E-state index in [1.54, 1.807) is 0 Å². The van der Waals surface area contributed by atoms with Crippen LogP contribution in [0.1, 0.15) is 0 Å². The fourth-order valence-electron chi connectivity index (χ4n) is 0.134. The Morgan fingerprint density at radius 1 is 0.400 bits per heavy atom. The van der Waals surface area contributed by atoms with Crippen molar-refractivity contribution in [3.05, 3.63) is 0 Å². The molecular weight excluding hydrogens is 345 g/mol. The molecule has 0 aliphatic rings. The molecule has 92 valence electrons. The normalized spacial score (nSPS) is 8.80. The molecule has 0 saturated carbocycles. The third kappa shape index (κ3) is 31.3. The Labute approximate surface area is 126 Å². The fourth-order valence-corrected chi connectivity index (χ4v) is 0.134. The zero-order valence-electron chi connectivity index (χ0n) is 8.08. The van der Waals surface area contributed by atoms with E-state index in [9.17, 15) is 0 Å². The van der Waals surface area contributed by atoms with Gasteiger partial charge in [-0.3, -0.25) is 0 Å². The van der Waals surface area contributed by atoms with Crippen LogP contribution in [0, 0.1) is 0 Å². The fraction of sp³-hybridized carbons (Fsp3) is 1.00. The molecule has 0 aromatic carbocycles. The van der Waals surface area contributed by atoms with E-state index < -0.39 is 0 Å². The Morgan fingerprint density at radius 3 is 0.733 bits per heavy atom. The molecule has 0 radical (unpaired) electrons. The molecule has 0 bridgehead atoms. The molecule has 0 atom stereocenters. The van der Waals surface area contributed by atoms with Gasteiger partial charge < -0.3 is 0 Å². The average Bonchev–Trinajstić information content (AvgIpc) is 2.21. The second-order valence-corrected chi connectivity index (χ2v) is 1.07. The summed E-state index contributed by atoms with van der Waals surface area (Å²) in [7, 11) is 5.05. The molecule has 0 fully saturated rings. The van der Waals surface area contributed by atoms with Gasteiger partial charge in [0.05, 0.1) is 28.4 Å². The van der Waals surface area contributed by atoms with Gasteiger partial charge in [-0.1, -0.05) is 0 Å². The maximum atomic E-state index is 3.92. The second kappa shape index (κ2) is 24.4. The van der Waals surface area contributed by atoms with Crippen LogP contribution in [0.15, 0.2) is 0 Å². The van der Waals surface area contributed by atoms with Crippen molar-refractivity contribution in [2.45, 2.75) is 0 Å². The topological polar surface area (TPSA) is 92.3 Å². The molecule has 0 heterocycles. The Bertz CT molecular complexity index is 65.8. The minimum atomic E-state index is 0. The van der Waals surface area contributed by atoms with E-state index in [1.165, 1.54) is 28.4 Å². The molecule has 0 aromatic rings. The van der Waals surface area contributed by atoms with Crippen molar-refractivity contribution in [2.75, 3.05) is 28.4 Å². The first-order chi connectivity index (χ1) is 6.83. The van der Waals surface area contributed by atoms with E-state index in [0.717, 1.165) is 0 Å². The SMILES string of the molecule is COOOOOC.COOOOOC.[BaH2].